The van der Waals surface area contributed by atoms with Crippen LogP contribution in [0.5, 0.6) is 5.88 Å². The fraction of sp³-hybridized carbons (Fsp3) is 0.667. The first-order valence-electron chi connectivity index (χ1n) is 7.09. The summed E-state index contributed by atoms with van der Waals surface area (Å²) in [6.45, 7) is 11.4. The molecule has 1 heterocycles. The Kier molecular flexibility index (Phi) is 5.93. The van der Waals surface area contributed by atoms with Crippen molar-refractivity contribution in [2.24, 2.45) is 11.8 Å². The van der Waals surface area contributed by atoms with Crippen LogP contribution >= 0.6 is 0 Å². The molecule has 0 bridgehead atoms. The van der Waals surface area contributed by atoms with Crippen molar-refractivity contribution < 1.29 is 4.74 Å². The Morgan fingerprint density at radius 2 is 1.95 bits per heavy atom. The van der Waals surface area contributed by atoms with Gasteiger partial charge < -0.3 is 15.8 Å². The fourth-order valence-electron chi connectivity index (χ4n) is 1.62. The van der Waals surface area contributed by atoms with Crippen molar-refractivity contribution in [3.05, 3.63) is 12.1 Å². The molecule has 108 valence electrons. The summed E-state index contributed by atoms with van der Waals surface area (Å²) in [6.07, 6.45) is 1.14. The molecule has 0 aliphatic carbocycles. The van der Waals surface area contributed by atoms with Crippen LogP contribution in [0.2, 0.25) is 0 Å². The van der Waals surface area contributed by atoms with Crippen molar-refractivity contribution in [3.8, 4) is 5.88 Å². The minimum Gasteiger partial charge on any atom is -0.476 e. The first-order chi connectivity index (χ1) is 8.93. The maximum atomic E-state index is 5.88. The lowest BCUT2D eigenvalue weighted by atomic mass is 10.0. The number of hydrogen-bond donors (Lipinski definition) is 2. The zero-order chi connectivity index (χ0) is 14.4. The molecule has 1 aromatic heterocycles. The van der Waals surface area contributed by atoms with E-state index in [-0.39, 0.29) is 0 Å². The minimum atomic E-state index is 0.374. The van der Waals surface area contributed by atoms with Crippen molar-refractivity contribution >= 4 is 11.5 Å². The highest BCUT2D eigenvalue weighted by Crippen LogP contribution is 2.22. The summed E-state index contributed by atoms with van der Waals surface area (Å²) in [4.78, 5) is 4.44. The largest absolute Gasteiger partial charge is 0.476 e. The van der Waals surface area contributed by atoms with E-state index in [1.807, 2.05) is 12.1 Å². The predicted molar refractivity (Wildman–Crippen MR) is 81.5 cm³/mol. The Morgan fingerprint density at radius 3 is 2.53 bits per heavy atom. The predicted octanol–water partition coefficient (Wildman–Crippen LogP) is 3.55. The number of nitrogens with one attached hydrogen (secondary N) is 1. The maximum absolute atomic E-state index is 5.88. The van der Waals surface area contributed by atoms with E-state index in [0.717, 1.165) is 12.2 Å². The minimum absolute atomic E-state index is 0.374. The highest BCUT2D eigenvalue weighted by atomic mass is 16.5. The molecule has 0 amide bonds. The van der Waals surface area contributed by atoms with Crippen LogP contribution in [0.25, 0.3) is 0 Å². The van der Waals surface area contributed by atoms with Crippen LogP contribution in [0.1, 0.15) is 41.0 Å². The summed E-state index contributed by atoms with van der Waals surface area (Å²) in [6, 6.07) is 4.11. The lowest BCUT2D eigenvalue weighted by molar-refractivity contribution is 0.263. The molecule has 0 aliphatic heterocycles. The second-order valence-electron chi connectivity index (χ2n) is 5.61. The molecule has 3 N–H and O–H groups in total. The second-order valence-corrected chi connectivity index (χ2v) is 5.61. The molecule has 0 spiro atoms. The molecule has 4 heteroatoms. The van der Waals surface area contributed by atoms with Crippen LogP contribution in [0.15, 0.2) is 12.1 Å². The van der Waals surface area contributed by atoms with Gasteiger partial charge in [-0.05, 0) is 30.9 Å². The van der Waals surface area contributed by atoms with E-state index in [2.05, 4.69) is 44.9 Å². The van der Waals surface area contributed by atoms with E-state index in [4.69, 9.17) is 10.5 Å². The van der Waals surface area contributed by atoms with E-state index >= 15 is 0 Å². The van der Waals surface area contributed by atoms with Gasteiger partial charge in [-0.15, -0.1) is 0 Å². The normalized spacial score (nSPS) is 14.2. The molecule has 2 unspecified atom stereocenters. The number of anilines is 2. The lowest BCUT2D eigenvalue weighted by Gasteiger charge is -2.21. The number of hydrogen-bond acceptors (Lipinski definition) is 4. The summed E-state index contributed by atoms with van der Waals surface area (Å²) >= 11 is 0. The number of nitrogen functional groups attached to an aromatic ring is 1. The molecule has 0 aromatic carbocycles. The van der Waals surface area contributed by atoms with Gasteiger partial charge in [0.25, 0.3) is 0 Å². The van der Waals surface area contributed by atoms with E-state index in [1.165, 1.54) is 0 Å². The van der Waals surface area contributed by atoms with Gasteiger partial charge in [0.1, 0.15) is 5.82 Å². The van der Waals surface area contributed by atoms with Gasteiger partial charge in [-0.3, -0.25) is 0 Å². The van der Waals surface area contributed by atoms with Crippen LogP contribution in [0, 0.1) is 11.8 Å². The Hall–Kier alpha value is -1.45. The second kappa shape index (κ2) is 7.22. The summed E-state index contributed by atoms with van der Waals surface area (Å²) in [5.74, 6) is 2.40. The lowest BCUT2D eigenvalue weighted by Crippen LogP contribution is -2.24. The van der Waals surface area contributed by atoms with E-state index < -0.39 is 0 Å². The van der Waals surface area contributed by atoms with Crippen molar-refractivity contribution in [1.29, 1.82) is 0 Å². The molecule has 2 atom stereocenters. The van der Waals surface area contributed by atoms with Crippen LogP contribution in [0.4, 0.5) is 11.5 Å². The third-order valence-corrected chi connectivity index (χ3v) is 3.32. The molecule has 4 nitrogen and oxygen atoms in total. The molecule has 0 saturated heterocycles. The Bertz CT molecular complexity index is 393. The SMILES string of the molecule is CCC(C)C(C)Nc1ccc(N)c(OCC(C)C)n1. The first kappa shape index (κ1) is 15.6. The number of rotatable bonds is 7. The molecule has 1 rings (SSSR count). The van der Waals surface area contributed by atoms with Crippen LogP contribution in [0.3, 0.4) is 0 Å². The number of pyridine rings is 1. The number of ether oxygens (including phenoxy) is 1. The van der Waals surface area contributed by atoms with Gasteiger partial charge in [-0.25, -0.2) is 0 Å². The van der Waals surface area contributed by atoms with Crippen LogP contribution < -0.4 is 15.8 Å². The first-order valence-corrected chi connectivity index (χ1v) is 7.09. The van der Waals surface area contributed by atoms with Crippen LogP contribution in [-0.2, 0) is 0 Å². The van der Waals surface area contributed by atoms with Crippen molar-refractivity contribution in [3.63, 3.8) is 0 Å². The molecule has 19 heavy (non-hydrogen) atoms. The molecule has 1 aromatic rings. The summed E-state index contributed by atoms with van der Waals surface area (Å²) in [5, 5.41) is 3.40. The highest BCUT2D eigenvalue weighted by Gasteiger charge is 2.12. The number of nitrogens with zero attached hydrogens (tertiary/aromatic N) is 1. The summed E-state index contributed by atoms with van der Waals surface area (Å²) in [7, 11) is 0. The van der Waals surface area contributed by atoms with Gasteiger partial charge in [-0.1, -0.05) is 34.1 Å². The average molecular weight is 265 g/mol. The number of nitrogens with two attached hydrogens (primary N) is 1. The van der Waals surface area contributed by atoms with Gasteiger partial charge in [0.05, 0.1) is 12.3 Å². The molecule has 0 aliphatic rings. The van der Waals surface area contributed by atoms with E-state index in [0.29, 0.717) is 36.1 Å². The monoisotopic (exact) mass is 265 g/mol. The average Bonchev–Trinajstić information content (AvgIpc) is 2.38. The Morgan fingerprint density at radius 1 is 1.26 bits per heavy atom. The highest BCUT2D eigenvalue weighted by molar-refractivity contribution is 5.53. The Balaban J connectivity index is 2.72. The van der Waals surface area contributed by atoms with Gasteiger partial charge >= 0.3 is 0 Å². The summed E-state index contributed by atoms with van der Waals surface area (Å²) in [5.41, 5.74) is 6.46. The van der Waals surface area contributed by atoms with Crippen molar-refractivity contribution in [1.82, 2.24) is 4.98 Å². The molecule has 0 fully saturated rings. The third kappa shape index (κ3) is 4.97. The van der Waals surface area contributed by atoms with Gasteiger partial charge in [0, 0.05) is 6.04 Å². The van der Waals surface area contributed by atoms with E-state index in [1.54, 1.807) is 0 Å². The van der Waals surface area contributed by atoms with Gasteiger partial charge in [0.15, 0.2) is 0 Å². The topological polar surface area (TPSA) is 60.2 Å². The third-order valence-electron chi connectivity index (χ3n) is 3.32. The standard InChI is InChI=1S/C15H27N3O/c1-6-11(4)12(5)17-14-8-7-13(16)15(18-14)19-9-10(2)3/h7-8,10-12H,6,9,16H2,1-5H3,(H,17,18). The molecular formula is C15H27N3O. The van der Waals surface area contributed by atoms with Gasteiger partial charge in [0.2, 0.25) is 5.88 Å². The quantitative estimate of drug-likeness (QED) is 0.791. The molecule has 0 saturated carbocycles. The summed E-state index contributed by atoms with van der Waals surface area (Å²) < 4.78 is 5.63. The maximum Gasteiger partial charge on any atom is 0.239 e. The van der Waals surface area contributed by atoms with Crippen molar-refractivity contribution in [2.75, 3.05) is 17.7 Å². The number of aromatic nitrogens is 1. The van der Waals surface area contributed by atoms with Gasteiger partial charge in [-0.2, -0.15) is 4.98 Å². The zero-order valence-electron chi connectivity index (χ0n) is 12.7. The zero-order valence-corrected chi connectivity index (χ0v) is 12.7. The molecular weight excluding hydrogens is 238 g/mol. The van der Waals surface area contributed by atoms with E-state index in [9.17, 15) is 0 Å². The fourth-order valence-corrected chi connectivity index (χ4v) is 1.62. The van der Waals surface area contributed by atoms with Crippen LogP contribution in [-0.4, -0.2) is 17.6 Å². The smallest absolute Gasteiger partial charge is 0.239 e. The molecule has 0 radical (unpaired) electrons. The van der Waals surface area contributed by atoms with Crippen molar-refractivity contribution in [2.45, 2.75) is 47.1 Å². The Labute approximate surface area is 116 Å².